The molecule has 2 rings (SSSR count). The van der Waals surface area contributed by atoms with E-state index in [4.69, 9.17) is 23.3 Å². The second-order valence-corrected chi connectivity index (χ2v) is 20.8. The second-order valence-electron chi connectivity index (χ2n) is 18.2. The molecule has 17 nitrogen and oxygen atoms in total. The van der Waals surface area contributed by atoms with Gasteiger partial charge >= 0.3 is 27.6 Å². The molecule has 2 aliphatic rings. The second kappa shape index (κ2) is 40.2. The number of aliphatic hydroxyl groups is 4. The van der Waals surface area contributed by atoms with Crippen LogP contribution in [-0.4, -0.2) is 115 Å². The van der Waals surface area contributed by atoms with Gasteiger partial charge in [0.15, 0.2) is 6.10 Å². The zero-order valence-corrected chi connectivity index (χ0v) is 45.0. The molecule has 1 saturated heterocycles. The Morgan fingerprint density at radius 3 is 1.51 bits per heavy atom. The van der Waals surface area contributed by atoms with Crippen molar-refractivity contribution >= 4 is 27.6 Å². The van der Waals surface area contributed by atoms with E-state index in [1.54, 1.807) is 0 Å². The van der Waals surface area contributed by atoms with Crippen LogP contribution < -0.4 is 0 Å². The molecule has 73 heavy (non-hydrogen) atoms. The summed E-state index contributed by atoms with van der Waals surface area (Å²) in [5.74, 6) is -1.33. The highest BCUT2D eigenvalue weighted by Crippen LogP contribution is 2.49. The highest BCUT2D eigenvalue weighted by Gasteiger charge is 2.54. The van der Waals surface area contributed by atoms with E-state index in [0.29, 0.717) is 31.5 Å². The van der Waals surface area contributed by atoms with Crippen LogP contribution in [-0.2, 0) is 46.5 Å². The molecule has 1 saturated carbocycles. The maximum absolute atomic E-state index is 13.0. The zero-order valence-electron chi connectivity index (χ0n) is 43.2. The van der Waals surface area contributed by atoms with Gasteiger partial charge in [0.25, 0.3) is 0 Å². The number of phosphoric ester groups is 2. The van der Waals surface area contributed by atoms with E-state index in [0.717, 1.165) is 89.9 Å². The maximum Gasteiger partial charge on any atom is 0.472 e. The van der Waals surface area contributed by atoms with Gasteiger partial charge in [-0.1, -0.05) is 156 Å². The van der Waals surface area contributed by atoms with E-state index in [9.17, 15) is 53.8 Å². The Morgan fingerprint density at radius 2 is 0.973 bits per heavy atom. The van der Waals surface area contributed by atoms with Crippen molar-refractivity contribution in [2.24, 2.45) is 0 Å². The first kappa shape index (κ1) is 66.0. The third-order valence-corrected chi connectivity index (χ3v) is 13.3. The molecule has 0 bridgehead atoms. The van der Waals surface area contributed by atoms with Crippen LogP contribution in [0.3, 0.4) is 0 Å². The topological polar surface area (TPSA) is 269 Å². The number of aliphatic hydroxyl groups excluding tert-OH is 4. The van der Waals surface area contributed by atoms with Gasteiger partial charge in [0.1, 0.15) is 43.2 Å². The molecule has 0 amide bonds. The summed E-state index contributed by atoms with van der Waals surface area (Å²) in [4.78, 5) is 54.5. The van der Waals surface area contributed by atoms with Gasteiger partial charge in [-0.3, -0.25) is 23.2 Å². The van der Waals surface area contributed by atoms with E-state index in [-0.39, 0.29) is 12.8 Å². The summed E-state index contributed by atoms with van der Waals surface area (Å²) in [7, 11) is -10.7. The Bertz CT molecular complexity index is 1840. The predicted octanol–water partition coefficient (Wildman–Crippen LogP) is 10.1. The minimum Gasteiger partial charge on any atom is -0.462 e. The number of epoxide rings is 1. The summed E-state index contributed by atoms with van der Waals surface area (Å²) in [6.45, 7) is 2.91. The highest BCUT2D eigenvalue weighted by atomic mass is 31.2. The lowest BCUT2D eigenvalue weighted by Crippen LogP contribution is -2.64. The number of ether oxygens (including phenoxy) is 3. The molecule has 10 atom stereocenters. The lowest BCUT2D eigenvalue weighted by atomic mass is 9.85. The number of allylic oxidation sites excluding steroid dienone is 14. The number of unbranched alkanes of at least 4 members (excludes halogenated alkanes) is 10. The summed E-state index contributed by atoms with van der Waals surface area (Å²) < 4.78 is 55.1. The van der Waals surface area contributed by atoms with Crippen molar-refractivity contribution in [2.45, 2.75) is 216 Å². The standard InChI is InChI=1S/C54H88O17P2/c1-3-5-7-8-9-10-11-12-13-14-15-16-17-18-19-24-27-30-33-37-41-48(56)68-44(43-67-73(64,65)71-54-51(59)49(57)50(58)53(52(54)60)70-72(61,62)63)42-66-47(55)40-36-32-29-26-23-21-20-22-25-28-31-35-39-46-45(69-46)38-34-6-4-2/h6,10-11,13-14,16-17,21-23,25,29,31-32,34-35,44-46,49-54,57-60H,3-5,7-9,12,15,18-20,24,26-28,30,33,36-43H2,1-2H3,(H,64,65)(H2,61,62,63)/b11-10-,14-13-,17-16-,23-21-,25-22-,32-29-,34-6-,35-31-/t44-,45?,46?,49?,50?,51?,52?,53-,54+/m1/s1. The van der Waals surface area contributed by atoms with Crippen LogP contribution in [0.4, 0.5) is 0 Å². The third kappa shape index (κ3) is 33.5. The van der Waals surface area contributed by atoms with E-state index in [2.05, 4.69) is 91.3 Å². The van der Waals surface area contributed by atoms with Gasteiger partial charge in [0.05, 0.1) is 18.8 Å². The summed E-state index contributed by atoms with van der Waals surface area (Å²) in [6.07, 6.45) is 39.7. The van der Waals surface area contributed by atoms with Crippen molar-refractivity contribution in [3.63, 3.8) is 0 Å². The van der Waals surface area contributed by atoms with Crippen molar-refractivity contribution in [1.29, 1.82) is 0 Å². The average Bonchev–Trinajstić information content (AvgIpc) is 4.11. The van der Waals surface area contributed by atoms with Crippen LogP contribution in [0.1, 0.15) is 162 Å². The monoisotopic (exact) mass is 1070 g/mol. The Morgan fingerprint density at radius 1 is 0.507 bits per heavy atom. The largest absolute Gasteiger partial charge is 0.472 e. The molecule has 0 aromatic carbocycles. The Balaban J connectivity index is 1.78. The number of rotatable bonds is 42. The fourth-order valence-electron chi connectivity index (χ4n) is 7.63. The Labute approximate surface area is 434 Å². The first-order valence-corrected chi connectivity index (χ1v) is 29.4. The Kier molecular flexibility index (Phi) is 36.3. The van der Waals surface area contributed by atoms with Gasteiger partial charge in [-0.15, -0.1) is 0 Å². The van der Waals surface area contributed by atoms with Crippen molar-refractivity contribution in [3.8, 4) is 0 Å². The van der Waals surface area contributed by atoms with Crippen molar-refractivity contribution in [1.82, 2.24) is 0 Å². The normalized spacial score (nSPS) is 24.2. The molecule has 416 valence electrons. The van der Waals surface area contributed by atoms with Gasteiger partial charge < -0.3 is 49.3 Å². The molecule has 0 aromatic heterocycles. The van der Waals surface area contributed by atoms with Crippen molar-refractivity contribution in [2.75, 3.05) is 13.2 Å². The number of esters is 2. The number of carbonyl (C=O) groups is 2. The fourth-order valence-corrected chi connectivity index (χ4v) is 9.17. The number of hydrogen-bond acceptors (Lipinski definition) is 14. The quantitative estimate of drug-likeness (QED) is 0.00985. The van der Waals surface area contributed by atoms with Crippen LogP contribution in [0.5, 0.6) is 0 Å². The lowest BCUT2D eigenvalue weighted by molar-refractivity contribution is -0.216. The van der Waals surface area contributed by atoms with Gasteiger partial charge in [-0.05, 0) is 89.9 Å². The van der Waals surface area contributed by atoms with Crippen molar-refractivity contribution < 1.29 is 81.6 Å². The predicted molar refractivity (Wildman–Crippen MR) is 282 cm³/mol. The first-order valence-electron chi connectivity index (χ1n) is 26.4. The Hall–Kier alpha value is -3.12. The summed E-state index contributed by atoms with van der Waals surface area (Å²) >= 11 is 0. The van der Waals surface area contributed by atoms with E-state index >= 15 is 0 Å². The molecule has 7 unspecified atom stereocenters. The maximum atomic E-state index is 13.0. The third-order valence-electron chi connectivity index (χ3n) is 11.8. The van der Waals surface area contributed by atoms with Crippen molar-refractivity contribution in [3.05, 3.63) is 97.2 Å². The van der Waals surface area contributed by atoms with Gasteiger partial charge in [-0.2, -0.15) is 0 Å². The van der Waals surface area contributed by atoms with E-state index in [1.165, 1.54) is 25.7 Å². The molecule has 2 fully saturated rings. The smallest absolute Gasteiger partial charge is 0.462 e. The number of hydrogen-bond donors (Lipinski definition) is 7. The number of carbonyl (C=O) groups excluding carboxylic acids is 2. The average molecular weight is 1070 g/mol. The van der Waals surface area contributed by atoms with Gasteiger partial charge in [0, 0.05) is 12.8 Å². The zero-order chi connectivity index (χ0) is 53.6. The molecule has 7 N–H and O–H groups in total. The molecule has 1 aliphatic heterocycles. The molecular formula is C54H88O17P2. The SMILES string of the molecule is CC/C=C\CC1OC1C/C=C\C/C=C\C/C=C\C/C=C\CCC(=O)OC[C@H](COP(=O)(O)O[C@H]1C(O)C(O)C(O)[C@@H](OP(=O)(O)O)C1O)OC(=O)CCCCCCCC/C=C\C/C=C\C/C=C\CCCCCC. The molecular weight excluding hydrogens is 983 g/mol. The van der Waals surface area contributed by atoms with Crippen LogP contribution in [0, 0.1) is 0 Å². The fraction of sp³-hybridized carbons (Fsp3) is 0.667. The van der Waals surface area contributed by atoms with Crippen LogP contribution in [0.15, 0.2) is 97.2 Å². The molecule has 1 heterocycles. The number of phosphoric acid groups is 2. The molecule has 19 heteroatoms. The van der Waals surface area contributed by atoms with Gasteiger partial charge in [0.2, 0.25) is 0 Å². The summed E-state index contributed by atoms with van der Waals surface area (Å²) in [5.41, 5.74) is 0. The minimum atomic E-state index is -5.38. The van der Waals surface area contributed by atoms with Gasteiger partial charge in [-0.25, -0.2) is 9.13 Å². The van der Waals surface area contributed by atoms with Crippen LogP contribution >= 0.6 is 15.6 Å². The highest BCUT2D eigenvalue weighted by molar-refractivity contribution is 7.47. The van der Waals surface area contributed by atoms with Crippen LogP contribution in [0.2, 0.25) is 0 Å². The lowest BCUT2D eigenvalue weighted by Gasteiger charge is -2.43. The molecule has 1 aliphatic carbocycles. The first-order chi connectivity index (χ1) is 35.1. The molecule has 0 radical (unpaired) electrons. The molecule has 0 spiro atoms. The summed E-state index contributed by atoms with van der Waals surface area (Å²) in [6, 6.07) is 0. The van der Waals surface area contributed by atoms with E-state index < -0.39 is 83.5 Å². The van der Waals surface area contributed by atoms with Crippen LogP contribution in [0.25, 0.3) is 0 Å². The summed E-state index contributed by atoms with van der Waals surface area (Å²) in [5, 5.41) is 41.3. The molecule has 0 aromatic rings. The van der Waals surface area contributed by atoms with E-state index in [1.807, 2.05) is 24.3 Å². The minimum absolute atomic E-state index is 0.00585.